The zero-order valence-electron chi connectivity index (χ0n) is 23.5. The Morgan fingerprint density at radius 2 is 1.84 bits per heavy atom. The van der Waals surface area contributed by atoms with Gasteiger partial charge in [0.15, 0.2) is 17.2 Å². The number of aliphatic imine (C=N–C) groups is 1. The van der Waals surface area contributed by atoms with Crippen LogP contribution < -0.4 is 21.3 Å². The van der Waals surface area contributed by atoms with E-state index in [-0.39, 0.29) is 53.1 Å². The number of nitrogens with zero attached hydrogens (tertiary/aromatic N) is 4. The Morgan fingerprint density at radius 1 is 1.12 bits per heavy atom. The molecule has 1 aliphatic heterocycles. The molecular formula is C28H34ClN7O7. The number of carbonyl (C=O) groups is 3. The number of aromatic nitrogens is 3. The van der Waals surface area contributed by atoms with Crippen LogP contribution in [0, 0.1) is 10.8 Å². The second-order valence-electron chi connectivity index (χ2n) is 10.9. The van der Waals surface area contributed by atoms with E-state index in [2.05, 4.69) is 20.4 Å². The summed E-state index contributed by atoms with van der Waals surface area (Å²) in [5, 5.41) is 24.9. The van der Waals surface area contributed by atoms with Crippen molar-refractivity contribution in [2.75, 3.05) is 20.3 Å². The van der Waals surface area contributed by atoms with Crippen molar-refractivity contribution in [3.8, 4) is 5.75 Å². The molecule has 15 heteroatoms. The maximum absolute atomic E-state index is 12.8. The molecule has 230 valence electrons. The normalized spacial score (nSPS) is 21.6. The van der Waals surface area contributed by atoms with E-state index < -0.39 is 5.97 Å². The first-order valence-corrected chi connectivity index (χ1v) is 13.6. The molecule has 14 nitrogen and oxygen atoms in total. The molecule has 0 spiro atoms. The molecule has 3 heterocycles. The average molecular weight is 616 g/mol. The van der Waals surface area contributed by atoms with Gasteiger partial charge in [0.2, 0.25) is 0 Å². The third-order valence-electron chi connectivity index (χ3n) is 8.46. The van der Waals surface area contributed by atoms with Crippen LogP contribution in [0.25, 0.3) is 5.65 Å². The SMILES string of the molecule is COC(=O)C12CCC(CNC(=O)c3cc(C(=O)O)nc4ccnn34)(CC1)CC2.Cl.NCc1ccc2c(c1)N=C(NO)CO2. The van der Waals surface area contributed by atoms with Gasteiger partial charge in [-0.1, -0.05) is 6.07 Å². The minimum atomic E-state index is -1.20. The Hall–Kier alpha value is -4.27. The zero-order chi connectivity index (χ0) is 29.9. The van der Waals surface area contributed by atoms with Gasteiger partial charge in [-0.25, -0.2) is 19.3 Å². The van der Waals surface area contributed by atoms with Crippen molar-refractivity contribution in [1.82, 2.24) is 25.4 Å². The molecule has 3 saturated carbocycles. The highest BCUT2D eigenvalue weighted by Crippen LogP contribution is 2.57. The van der Waals surface area contributed by atoms with Gasteiger partial charge in [-0.2, -0.15) is 5.10 Å². The summed E-state index contributed by atoms with van der Waals surface area (Å²) in [6.45, 7) is 1.20. The third-order valence-corrected chi connectivity index (χ3v) is 8.46. The summed E-state index contributed by atoms with van der Waals surface area (Å²) in [7, 11) is 1.43. The molecular weight excluding hydrogens is 582 g/mol. The third kappa shape index (κ3) is 6.40. The summed E-state index contributed by atoms with van der Waals surface area (Å²) in [6.07, 6.45) is 6.37. The maximum Gasteiger partial charge on any atom is 0.354 e. The van der Waals surface area contributed by atoms with Crippen molar-refractivity contribution in [2.24, 2.45) is 21.6 Å². The number of esters is 1. The number of rotatable bonds is 6. The van der Waals surface area contributed by atoms with E-state index >= 15 is 0 Å². The summed E-state index contributed by atoms with van der Waals surface area (Å²) in [5.74, 6) is -0.602. The molecule has 0 saturated heterocycles. The van der Waals surface area contributed by atoms with Gasteiger partial charge in [-0.3, -0.25) is 20.3 Å². The number of carboxylic acids is 1. The van der Waals surface area contributed by atoms with Crippen LogP contribution in [-0.2, 0) is 16.1 Å². The molecule has 1 amide bonds. The van der Waals surface area contributed by atoms with Gasteiger partial charge < -0.3 is 25.6 Å². The molecule has 3 fully saturated rings. The number of aromatic carboxylic acids is 1. The quantitative estimate of drug-likeness (QED) is 0.201. The minimum absolute atomic E-state index is 0. The molecule has 0 radical (unpaired) electrons. The van der Waals surface area contributed by atoms with Crippen molar-refractivity contribution in [2.45, 2.75) is 45.1 Å². The predicted octanol–water partition coefficient (Wildman–Crippen LogP) is 2.64. The van der Waals surface area contributed by atoms with E-state index in [4.69, 9.17) is 20.4 Å². The summed E-state index contributed by atoms with van der Waals surface area (Å²) in [6, 6.07) is 8.35. The van der Waals surface area contributed by atoms with Crippen molar-refractivity contribution in [3.05, 3.63) is 53.5 Å². The summed E-state index contributed by atoms with van der Waals surface area (Å²) >= 11 is 0. The smallest absolute Gasteiger partial charge is 0.354 e. The Morgan fingerprint density at radius 3 is 2.47 bits per heavy atom. The first-order chi connectivity index (χ1) is 20.2. The van der Waals surface area contributed by atoms with Gasteiger partial charge in [0.25, 0.3) is 5.91 Å². The van der Waals surface area contributed by atoms with Crippen LogP contribution in [0.5, 0.6) is 5.75 Å². The highest BCUT2D eigenvalue weighted by molar-refractivity contribution is 5.96. The largest absolute Gasteiger partial charge is 0.483 e. The number of hydrogen-bond acceptors (Lipinski definition) is 11. The monoisotopic (exact) mass is 615 g/mol. The molecule has 2 bridgehead atoms. The van der Waals surface area contributed by atoms with Crippen molar-refractivity contribution < 1.29 is 34.2 Å². The number of methoxy groups -OCH3 is 1. The van der Waals surface area contributed by atoms with Gasteiger partial charge in [0.05, 0.1) is 18.7 Å². The number of halogens is 1. The van der Waals surface area contributed by atoms with Crippen LogP contribution in [-0.4, -0.2) is 68.9 Å². The van der Waals surface area contributed by atoms with Crippen molar-refractivity contribution in [1.29, 1.82) is 0 Å². The molecule has 3 aromatic rings. The first kappa shape index (κ1) is 31.7. The number of amidine groups is 1. The number of hydrogen-bond donors (Lipinski definition) is 5. The molecule has 7 rings (SSSR count). The lowest BCUT2D eigenvalue weighted by molar-refractivity contribution is -0.162. The molecule has 6 N–H and O–H groups in total. The fraction of sp³-hybridized carbons (Fsp3) is 0.429. The Kier molecular flexibility index (Phi) is 9.52. The van der Waals surface area contributed by atoms with Gasteiger partial charge in [-0.05, 0) is 61.6 Å². The lowest BCUT2D eigenvalue weighted by Crippen LogP contribution is -2.50. The second kappa shape index (κ2) is 12.9. The van der Waals surface area contributed by atoms with E-state index in [0.29, 0.717) is 36.0 Å². The Labute approximate surface area is 253 Å². The zero-order valence-corrected chi connectivity index (χ0v) is 24.4. The van der Waals surface area contributed by atoms with Crippen LogP contribution in [0.1, 0.15) is 65.1 Å². The van der Waals surface area contributed by atoms with Crippen molar-refractivity contribution >= 4 is 47.4 Å². The summed E-state index contributed by atoms with van der Waals surface area (Å²) in [4.78, 5) is 44.3. The van der Waals surface area contributed by atoms with Gasteiger partial charge in [-0.15, -0.1) is 12.4 Å². The molecule has 0 unspecified atom stereocenters. The van der Waals surface area contributed by atoms with E-state index in [9.17, 15) is 19.5 Å². The highest BCUT2D eigenvalue weighted by atomic mass is 35.5. The van der Waals surface area contributed by atoms with E-state index in [1.165, 1.54) is 23.9 Å². The van der Waals surface area contributed by atoms with E-state index in [1.54, 1.807) is 6.07 Å². The maximum atomic E-state index is 12.8. The number of carbonyl (C=O) groups excluding carboxylic acids is 2. The molecule has 2 aromatic heterocycles. The number of hydroxylamine groups is 1. The number of nitrogens with one attached hydrogen (secondary N) is 2. The molecule has 3 aliphatic carbocycles. The highest BCUT2D eigenvalue weighted by Gasteiger charge is 2.53. The fourth-order valence-corrected chi connectivity index (χ4v) is 5.87. The first-order valence-electron chi connectivity index (χ1n) is 13.6. The fourth-order valence-electron chi connectivity index (χ4n) is 5.87. The molecule has 1 aromatic carbocycles. The van der Waals surface area contributed by atoms with Gasteiger partial charge >= 0.3 is 11.9 Å². The number of fused-ring (bicyclic) bond motifs is 5. The van der Waals surface area contributed by atoms with Crippen LogP contribution in [0.3, 0.4) is 0 Å². The second-order valence-corrected chi connectivity index (χ2v) is 10.9. The van der Waals surface area contributed by atoms with Gasteiger partial charge in [0, 0.05) is 25.2 Å². The lowest BCUT2D eigenvalue weighted by atomic mass is 9.53. The molecule has 4 aliphatic rings. The number of ether oxygens (including phenoxy) is 2. The molecule has 0 atom stereocenters. The molecule has 43 heavy (non-hydrogen) atoms. The van der Waals surface area contributed by atoms with E-state index in [1.807, 2.05) is 23.7 Å². The number of nitrogens with two attached hydrogens (primary N) is 1. The lowest BCUT2D eigenvalue weighted by Gasteiger charge is -2.51. The average Bonchev–Trinajstić information content (AvgIpc) is 3.52. The minimum Gasteiger partial charge on any atom is -0.483 e. The van der Waals surface area contributed by atoms with Crippen LogP contribution >= 0.6 is 12.4 Å². The Bertz CT molecular complexity index is 1530. The summed E-state index contributed by atoms with van der Waals surface area (Å²) < 4.78 is 11.7. The van der Waals surface area contributed by atoms with Crippen LogP contribution in [0.15, 0.2) is 41.5 Å². The van der Waals surface area contributed by atoms with Crippen molar-refractivity contribution in [3.63, 3.8) is 0 Å². The topological polar surface area (TPSA) is 203 Å². The van der Waals surface area contributed by atoms with Crippen LogP contribution in [0.2, 0.25) is 0 Å². The summed E-state index contributed by atoms with van der Waals surface area (Å²) in [5.41, 5.74) is 9.00. The number of benzene rings is 1. The number of amides is 1. The predicted molar refractivity (Wildman–Crippen MR) is 156 cm³/mol. The van der Waals surface area contributed by atoms with Crippen LogP contribution in [0.4, 0.5) is 5.69 Å². The Balaban J connectivity index is 0.000000238. The van der Waals surface area contributed by atoms with Gasteiger partial charge in [0.1, 0.15) is 23.7 Å². The number of carboxylic acid groups (broad SMARTS) is 1. The van der Waals surface area contributed by atoms with E-state index in [0.717, 1.165) is 44.1 Å². The standard InChI is InChI=1S/C19H22N4O5.C9H11N3O2.ClH/c1-28-17(27)19-6-3-18(4-7-19,5-8-19)11-20-15(24)13-10-12(16(25)26)22-14-2-9-21-23(13)14;10-4-6-1-2-8-7(3-6)11-9(12-13)5-14-8;/h2,9-10H,3-8,11H2,1H3,(H,20,24)(H,25,26);1-3,13H,4-5,10H2,(H,11,12);1H.